The van der Waals surface area contributed by atoms with Gasteiger partial charge in [-0.15, -0.1) is 0 Å². The number of ether oxygens (including phenoxy) is 1. The first-order valence-corrected chi connectivity index (χ1v) is 8.93. The number of carbonyl (C=O) groups excluding carboxylic acids is 1. The van der Waals surface area contributed by atoms with E-state index in [4.69, 9.17) is 0 Å². The fraction of sp³-hybridized carbons (Fsp3) is 0.250. The van der Waals surface area contributed by atoms with Crippen molar-refractivity contribution in [3.8, 4) is 5.88 Å². The molecule has 10 heteroatoms. The number of carbonyl (C=O) groups is 1. The van der Waals surface area contributed by atoms with Gasteiger partial charge in [-0.1, -0.05) is 12.1 Å². The number of fused-ring (bicyclic) bond motifs is 1. The first kappa shape index (κ1) is 18.2. The molecule has 0 atom stereocenters. The zero-order chi connectivity index (χ0) is 18.9. The molecule has 1 aromatic carbocycles. The van der Waals surface area contributed by atoms with Gasteiger partial charge in [0.05, 0.1) is 11.9 Å². The number of nitrogens with zero attached hydrogens (tertiary/aromatic N) is 2. The molecule has 3 rings (SSSR count). The first-order valence-electron chi connectivity index (χ1n) is 7.49. The van der Waals surface area contributed by atoms with Crippen molar-refractivity contribution in [3.63, 3.8) is 0 Å². The highest BCUT2D eigenvalue weighted by atomic mass is 32.2. The van der Waals surface area contributed by atoms with Gasteiger partial charge >= 0.3 is 6.18 Å². The predicted octanol–water partition coefficient (Wildman–Crippen LogP) is 2.80. The second-order valence-electron chi connectivity index (χ2n) is 5.50. The molecule has 0 fully saturated rings. The molecule has 0 radical (unpaired) electrons. The summed E-state index contributed by atoms with van der Waals surface area (Å²) >= 11 is 0. The van der Waals surface area contributed by atoms with Crippen LogP contribution in [0.25, 0.3) is 0 Å². The van der Waals surface area contributed by atoms with E-state index in [2.05, 4.69) is 9.72 Å². The van der Waals surface area contributed by atoms with E-state index >= 15 is 0 Å². The summed E-state index contributed by atoms with van der Waals surface area (Å²) in [4.78, 5) is 15.4. The lowest BCUT2D eigenvalue weighted by Gasteiger charge is -2.29. The lowest BCUT2D eigenvalue weighted by Crippen LogP contribution is -2.37. The Morgan fingerprint density at radius 2 is 1.88 bits per heavy atom. The zero-order valence-electron chi connectivity index (χ0n) is 13.2. The Kier molecular flexibility index (Phi) is 4.61. The largest absolute Gasteiger partial charge is 0.468 e. The maximum atomic E-state index is 12.8. The van der Waals surface area contributed by atoms with Crippen LogP contribution in [0.4, 0.5) is 18.9 Å². The van der Waals surface area contributed by atoms with Crippen molar-refractivity contribution >= 4 is 21.5 Å². The van der Waals surface area contributed by atoms with Crippen LogP contribution >= 0.6 is 0 Å². The summed E-state index contributed by atoms with van der Waals surface area (Å²) in [7, 11) is -4.02. The van der Waals surface area contributed by atoms with Crippen LogP contribution in [0.1, 0.15) is 16.8 Å². The molecule has 1 aromatic heterocycles. The van der Waals surface area contributed by atoms with Crippen LogP contribution in [0, 0.1) is 0 Å². The van der Waals surface area contributed by atoms with Gasteiger partial charge in [-0.3, -0.25) is 9.10 Å². The molecule has 0 bridgehead atoms. The van der Waals surface area contributed by atoms with Gasteiger partial charge in [0.15, 0.2) is 12.4 Å². The van der Waals surface area contributed by atoms with Crippen LogP contribution in [0.2, 0.25) is 0 Å². The van der Waals surface area contributed by atoms with Gasteiger partial charge in [0.25, 0.3) is 10.0 Å². The second-order valence-corrected chi connectivity index (χ2v) is 7.37. The molecule has 26 heavy (non-hydrogen) atoms. The average molecular weight is 386 g/mol. The second kappa shape index (κ2) is 6.60. The summed E-state index contributed by atoms with van der Waals surface area (Å²) < 4.78 is 67.7. The highest BCUT2D eigenvalue weighted by Crippen LogP contribution is 2.31. The van der Waals surface area contributed by atoms with Crippen LogP contribution in [0.3, 0.4) is 0 Å². The number of Topliss-reactive ketones (excluding diaryl/α,β-unsaturated/α-hetero) is 1. The van der Waals surface area contributed by atoms with E-state index in [0.717, 1.165) is 22.6 Å². The van der Waals surface area contributed by atoms with E-state index in [9.17, 15) is 26.4 Å². The number of halogens is 3. The molecule has 2 aromatic rings. The maximum Gasteiger partial charge on any atom is 0.422 e. The van der Waals surface area contributed by atoms with Crippen LogP contribution in [-0.2, 0) is 10.0 Å². The molecule has 1 aliphatic rings. The number of anilines is 1. The molecule has 0 unspecified atom stereocenters. The lowest BCUT2D eigenvalue weighted by atomic mass is 10.0. The Bertz CT molecular complexity index is 927. The normalized spacial score (nSPS) is 14.9. The molecule has 0 N–H and O–H groups in total. The van der Waals surface area contributed by atoms with E-state index in [1.807, 2.05) is 0 Å². The number of sulfonamides is 1. The Hall–Kier alpha value is -2.62. The molecular formula is C16H13F3N2O4S. The monoisotopic (exact) mass is 386 g/mol. The Labute approximate surface area is 147 Å². The first-order chi connectivity index (χ1) is 12.2. The minimum absolute atomic E-state index is 0.0233. The third-order valence-corrected chi connectivity index (χ3v) is 5.49. The minimum atomic E-state index is -4.52. The van der Waals surface area contributed by atoms with Crippen LogP contribution in [0.15, 0.2) is 47.5 Å². The quantitative estimate of drug-likeness (QED) is 0.808. The van der Waals surface area contributed by atoms with E-state index in [0.29, 0.717) is 5.56 Å². The predicted molar refractivity (Wildman–Crippen MR) is 85.7 cm³/mol. The Morgan fingerprint density at radius 3 is 2.54 bits per heavy atom. The van der Waals surface area contributed by atoms with E-state index in [1.165, 1.54) is 6.07 Å². The van der Waals surface area contributed by atoms with E-state index in [1.54, 1.807) is 18.2 Å². The van der Waals surface area contributed by atoms with Crippen molar-refractivity contribution < 1.29 is 31.1 Å². The van der Waals surface area contributed by atoms with Crippen LogP contribution in [0.5, 0.6) is 5.88 Å². The molecule has 1 aliphatic heterocycles. The van der Waals surface area contributed by atoms with Crippen molar-refractivity contribution in [3.05, 3.63) is 48.2 Å². The van der Waals surface area contributed by atoms with Crippen molar-refractivity contribution in [2.45, 2.75) is 17.5 Å². The number of benzene rings is 1. The van der Waals surface area contributed by atoms with Gasteiger partial charge in [-0.2, -0.15) is 13.2 Å². The summed E-state index contributed by atoms with van der Waals surface area (Å²) in [6.45, 7) is -1.54. The fourth-order valence-electron chi connectivity index (χ4n) is 2.52. The molecule has 0 saturated heterocycles. The Balaban J connectivity index is 1.87. The molecule has 2 heterocycles. The van der Waals surface area contributed by atoms with Crippen molar-refractivity contribution in [2.75, 3.05) is 17.5 Å². The maximum absolute atomic E-state index is 12.8. The van der Waals surface area contributed by atoms with Crippen molar-refractivity contribution in [1.82, 2.24) is 4.98 Å². The lowest BCUT2D eigenvalue weighted by molar-refractivity contribution is -0.154. The minimum Gasteiger partial charge on any atom is -0.468 e. The van der Waals surface area contributed by atoms with E-state index < -0.39 is 22.8 Å². The number of aromatic nitrogens is 1. The Morgan fingerprint density at radius 1 is 1.15 bits per heavy atom. The number of pyridine rings is 1. The molecular weight excluding hydrogens is 373 g/mol. The summed E-state index contributed by atoms with van der Waals surface area (Å²) in [5, 5.41) is 0. The third kappa shape index (κ3) is 3.64. The highest BCUT2D eigenvalue weighted by Gasteiger charge is 2.32. The number of alkyl halides is 3. The molecule has 0 amide bonds. The summed E-state index contributed by atoms with van der Waals surface area (Å²) in [5.74, 6) is -0.489. The standard InChI is InChI=1S/C16H13F3N2O4S/c17-16(18,19)10-25-15-6-5-11(9-20-15)26(23,24)21-8-7-14(22)12-3-1-2-4-13(12)21/h1-6,9H,7-8,10H2. The van der Waals surface area contributed by atoms with Gasteiger partial charge in [-0.05, 0) is 18.2 Å². The molecule has 0 saturated carbocycles. The van der Waals surface area contributed by atoms with Crippen LogP contribution < -0.4 is 9.04 Å². The number of ketones is 1. The fourth-order valence-corrected chi connectivity index (χ4v) is 3.95. The third-order valence-electron chi connectivity index (χ3n) is 3.70. The summed E-state index contributed by atoms with van der Waals surface area (Å²) in [5.41, 5.74) is 0.571. The number of para-hydroxylation sites is 1. The average Bonchev–Trinajstić information content (AvgIpc) is 2.60. The van der Waals surface area contributed by atoms with Gasteiger partial charge < -0.3 is 4.74 Å². The van der Waals surface area contributed by atoms with Gasteiger partial charge in [-0.25, -0.2) is 13.4 Å². The smallest absolute Gasteiger partial charge is 0.422 e. The van der Waals surface area contributed by atoms with Crippen LogP contribution in [-0.4, -0.2) is 38.5 Å². The number of hydrogen-bond donors (Lipinski definition) is 0. The SMILES string of the molecule is O=C1CCN(S(=O)(=O)c2ccc(OCC(F)(F)F)nc2)c2ccccc21. The molecule has 6 nitrogen and oxygen atoms in total. The van der Waals surface area contributed by atoms with Crippen molar-refractivity contribution in [1.29, 1.82) is 0 Å². The van der Waals surface area contributed by atoms with Gasteiger partial charge in [0.1, 0.15) is 4.90 Å². The molecule has 0 aliphatic carbocycles. The summed E-state index contributed by atoms with van der Waals surface area (Å²) in [6.07, 6.45) is -3.55. The summed E-state index contributed by atoms with van der Waals surface area (Å²) in [6, 6.07) is 8.50. The molecule has 138 valence electrons. The van der Waals surface area contributed by atoms with Gasteiger partial charge in [0, 0.05) is 24.6 Å². The zero-order valence-corrected chi connectivity index (χ0v) is 14.0. The van der Waals surface area contributed by atoms with Crippen molar-refractivity contribution in [2.24, 2.45) is 0 Å². The van der Waals surface area contributed by atoms with E-state index in [-0.39, 0.29) is 35.2 Å². The number of rotatable bonds is 4. The number of hydrogen-bond acceptors (Lipinski definition) is 5. The topological polar surface area (TPSA) is 76.6 Å². The highest BCUT2D eigenvalue weighted by molar-refractivity contribution is 7.92. The van der Waals surface area contributed by atoms with Gasteiger partial charge in [0.2, 0.25) is 5.88 Å². The molecule has 0 spiro atoms.